The molecular weight excluding hydrogens is 256 g/mol. The molecule has 1 fully saturated rings. The quantitative estimate of drug-likeness (QED) is 0.855. The van der Waals surface area contributed by atoms with Gasteiger partial charge in [0.05, 0.1) is 6.54 Å². The van der Waals surface area contributed by atoms with Crippen LogP contribution in [0, 0.1) is 6.92 Å². The Kier molecular flexibility index (Phi) is 3.73. The number of pyridine rings is 1. The first-order chi connectivity index (χ1) is 9.20. The molecule has 2 rings (SSSR count). The molecule has 2 heterocycles. The summed E-state index contributed by atoms with van der Waals surface area (Å²) >= 11 is 0. The molecule has 0 radical (unpaired) electrons. The highest BCUT2D eigenvalue weighted by atomic mass is 16.6. The molecule has 0 saturated carbocycles. The second-order valence-electron chi connectivity index (χ2n) is 6.37. The number of aromatic nitrogens is 1. The highest BCUT2D eigenvalue weighted by Crippen LogP contribution is 2.32. The smallest absolute Gasteiger partial charge is 0.410 e. The topological polar surface area (TPSA) is 62.7 Å². The van der Waals surface area contributed by atoms with E-state index < -0.39 is 11.2 Å². The number of carbonyl (C=O) groups excluding carboxylic acids is 1. The van der Waals surface area contributed by atoms with E-state index in [1.54, 1.807) is 11.1 Å². The van der Waals surface area contributed by atoms with Crippen LogP contribution < -0.4 is 0 Å². The van der Waals surface area contributed by atoms with Crippen LogP contribution in [0.3, 0.4) is 0 Å². The standard InChI is InChI=1S/C15H22N2O3/c1-11-5-6-12(9-16-11)15(19)7-8-17(10-15)13(18)20-14(2,3)4/h5-6,9,19H,7-8,10H2,1-4H3/t15-/m1/s1. The summed E-state index contributed by atoms with van der Waals surface area (Å²) < 4.78 is 5.33. The van der Waals surface area contributed by atoms with Crippen LogP contribution in [-0.2, 0) is 10.3 Å². The molecule has 5 nitrogen and oxygen atoms in total. The fourth-order valence-electron chi connectivity index (χ4n) is 2.25. The highest BCUT2D eigenvalue weighted by molar-refractivity contribution is 5.68. The Morgan fingerprint density at radius 2 is 2.15 bits per heavy atom. The number of aliphatic hydroxyl groups is 1. The lowest BCUT2D eigenvalue weighted by Gasteiger charge is -2.26. The summed E-state index contributed by atoms with van der Waals surface area (Å²) in [4.78, 5) is 17.8. The Morgan fingerprint density at radius 3 is 2.70 bits per heavy atom. The van der Waals surface area contributed by atoms with E-state index in [4.69, 9.17) is 4.74 Å². The van der Waals surface area contributed by atoms with Gasteiger partial charge in [-0.15, -0.1) is 0 Å². The van der Waals surface area contributed by atoms with Gasteiger partial charge in [0.25, 0.3) is 0 Å². The molecule has 1 atom stereocenters. The monoisotopic (exact) mass is 278 g/mol. The average molecular weight is 278 g/mol. The van der Waals surface area contributed by atoms with E-state index in [1.807, 2.05) is 39.8 Å². The van der Waals surface area contributed by atoms with Crippen molar-refractivity contribution in [3.63, 3.8) is 0 Å². The third kappa shape index (κ3) is 3.28. The number of hydrogen-bond donors (Lipinski definition) is 1. The molecule has 1 aliphatic rings. The predicted molar refractivity (Wildman–Crippen MR) is 75.3 cm³/mol. The molecule has 0 spiro atoms. The lowest BCUT2D eigenvalue weighted by molar-refractivity contribution is 0.0139. The average Bonchev–Trinajstić information content (AvgIpc) is 2.72. The second-order valence-corrected chi connectivity index (χ2v) is 6.37. The number of aryl methyl sites for hydroxylation is 1. The van der Waals surface area contributed by atoms with Crippen molar-refractivity contribution in [2.45, 2.75) is 45.3 Å². The SMILES string of the molecule is Cc1ccc([C@@]2(O)CCN(C(=O)OC(C)(C)C)C2)cn1. The number of carbonyl (C=O) groups is 1. The number of hydrogen-bond acceptors (Lipinski definition) is 4. The molecule has 1 amide bonds. The summed E-state index contributed by atoms with van der Waals surface area (Å²) in [5, 5.41) is 10.7. The van der Waals surface area contributed by atoms with Gasteiger partial charge in [-0.3, -0.25) is 4.98 Å². The van der Waals surface area contributed by atoms with Gasteiger partial charge >= 0.3 is 6.09 Å². The largest absolute Gasteiger partial charge is 0.444 e. The van der Waals surface area contributed by atoms with E-state index in [1.165, 1.54) is 0 Å². The number of ether oxygens (including phenoxy) is 1. The van der Waals surface area contributed by atoms with Gasteiger partial charge in [-0.05, 0) is 40.2 Å². The van der Waals surface area contributed by atoms with E-state index in [0.717, 1.165) is 11.3 Å². The molecule has 0 bridgehead atoms. The first kappa shape index (κ1) is 14.8. The fraction of sp³-hybridized carbons (Fsp3) is 0.600. The molecule has 20 heavy (non-hydrogen) atoms. The van der Waals surface area contributed by atoms with Gasteiger partial charge in [0.1, 0.15) is 11.2 Å². The summed E-state index contributed by atoms with van der Waals surface area (Å²) in [6.45, 7) is 8.12. The molecular formula is C15H22N2O3. The Labute approximate surface area is 119 Å². The third-order valence-corrected chi connectivity index (χ3v) is 3.35. The van der Waals surface area contributed by atoms with Crippen LogP contribution in [0.15, 0.2) is 18.3 Å². The van der Waals surface area contributed by atoms with Gasteiger partial charge in [-0.2, -0.15) is 0 Å². The van der Waals surface area contributed by atoms with Crippen LogP contribution in [0.4, 0.5) is 4.79 Å². The molecule has 1 aliphatic heterocycles. The Balaban J connectivity index is 2.07. The van der Waals surface area contributed by atoms with Crippen LogP contribution in [-0.4, -0.2) is 39.8 Å². The van der Waals surface area contributed by atoms with Crippen molar-refractivity contribution >= 4 is 6.09 Å². The van der Waals surface area contributed by atoms with Crippen molar-refractivity contribution in [2.75, 3.05) is 13.1 Å². The van der Waals surface area contributed by atoms with Crippen LogP contribution in [0.25, 0.3) is 0 Å². The van der Waals surface area contributed by atoms with Crippen LogP contribution in [0.2, 0.25) is 0 Å². The van der Waals surface area contributed by atoms with Gasteiger partial charge < -0.3 is 14.7 Å². The van der Waals surface area contributed by atoms with Crippen molar-refractivity contribution < 1.29 is 14.6 Å². The number of likely N-dealkylation sites (tertiary alicyclic amines) is 1. The zero-order valence-electron chi connectivity index (χ0n) is 12.5. The predicted octanol–water partition coefficient (Wildman–Crippen LogP) is 2.22. The normalized spacial score (nSPS) is 22.9. The molecule has 1 aromatic rings. The van der Waals surface area contributed by atoms with Crippen LogP contribution in [0.5, 0.6) is 0 Å². The highest BCUT2D eigenvalue weighted by Gasteiger charge is 2.41. The van der Waals surface area contributed by atoms with Gasteiger partial charge in [0.15, 0.2) is 0 Å². The van der Waals surface area contributed by atoms with Gasteiger partial charge in [0.2, 0.25) is 0 Å². The van der Waals surface area contributed by atoms with E-state index >= 15 is 0 Å². The van der Waals surface area contributed by atoms with Crippen molar-refractivity contribution in [1.82, 2.24) is 9.88 Å². The maximum atomic E-state index is 12.0. The first-order valence-corrected chi connectivity index (χ1v) is 6.83. The molecule has 1 saturated heterocycles. The second kappa shape index (κ2) is 5.05. The number of rotatable bonds is 1. The van der Waals surface area contributed by atoms with E-state index in [0.29, 0.717) is 13.0 Å². The Bertz CT molecular complexity index is 493. The number of β-amino-alcohol motifs (C(OH)–C–C–N with tert-alkyl or cyclic N) is 1. The van der Waals surface area contributed by atoms with Crippen molar-refractivity contribution in [3.05, 3.63) is 29.6 Å². The molecule has 0 unspecified atom stereocenters. The van der Waals surface area contributed by atoms with Crippen LogP contribution >= 0.6 is 0 Å². The van der Waals surface area contributed by atoms with Crippen LogP contribution in [0.1, 0.15) is 38.4 Å². The van der Waals surface area contributed by atoms with Crippen molar-refractivity contribution in [3.8, 4) is 0 Å². The number of amides is 1. The summed E-state index contributed by atoms with van der Waals surface area (Å²) in [5.74, 6) is 0. The van der Waals surface area contributed by atoms with Crippen molar-refractivity contribution in [1.29, 1.82) is 0 Å². The number of nitrogens with zero attached hydrogens (tertiary/aromatic N) is 2. The fourth-order valence-corrected chi connectivity index (χ4v) is 2.25. The first-order valence-electron chi connectivity index (χ1n) is 6.83. The van der Waals surface area contributed by atoms with Gasteiger partial charge in [-0.1, -0.05) is 6.07 Å². The minimum atomic E-state index is -1.03. The zero-order valence-corrected chi connectivity index (χ0v) is 12.5. The molecule has 110 valence electrons. The summed E-state index contributed by atoms with van der Waals surface area (Å²) in [7, 11) is 0. The summed E-state index contributed by atoms with van der Waals surface area (Å²) in [6.07, 6.45) is 1.79. The summed E-state index contributed by atoms with van der Waals surface area (Å²) in [6, 6.07) is 3.73. The van der Waals surface area contributed by atoms with E-state index in [9.17, 15) is 9.90 Å². The summed E-state index contributed by atoms with van der Waals surface area (Å²) in [5.41, 5.74) is 0.0920. The van der Waals surface area contributed by atoms with E-state index in [-0.39, 0.29) is 12.6 Å². The van der Waals surface area contributed by atoms with Crippen molar-refractivity contribution in [2.24, 2.45) is 0 Å². The molecule has 0 aliphatic carbocycles. The maximum absolute atomic E-state index is 12.0. The zero-order chi connectivity index (χ0) is 15.0. The molecule has 1 N–H and O–H groups in total. The minimum absolute atomic E-state index is 0.243. The minimum Gasteiger partial charge on any atom is -0.444 e. The Hall–Kier alpha value is -1.62. The molecule has 0 aromatic carbocycles. The van der Waals surface area contributed by atoms with Gasteiger partial charge in [0, 0.05) is 24.0 Å². The molecule has 5 heteroatoms. The third-order valence-electron chi connectivity index (χ3n) is 3.35. The molecule has 1 aromatic heterocycles. The lowest BCUT2D eigenvalue weighted by atomic mass is 9.94. The van der Waals surface area contributed by atoms with E-state index in [2.05, 4.69) is 4.98 Å². The maximum Gasteiger partial charge on any atom is 0.410 e. The Morgan fingerprint density at radius 1 is 1.45 bits per heavy atom. The lowest BCUT2D eigenvalue weighted by Crippen LogP contribution is -2.38. The van der Waals surface area contributed by atoms with Gasteiger partial charge in [-0.25, -0.2) is 4.79 Å².